The fraction of sp³-hybridized carbons (Fsp3) is 0.462. The van der Waals surface area contributed by atoms with Gasteiger partial charge in [-0.2, -0.15) is 0 Å². The number of carbonyl (C=O) groups is 1. The Morgan fingerprint density at radius 3 is 2.41 bits per heavy atom. The van der Waals surface area contributed by atoms with Gasteiger partial charge in [-0.3, -0.25) is 4.79 Å². The highest BCUT2D eigenvalue weighted by Crippen LogP contribution is 2.14. The largest absolute Gasteiger partial charge is 0.493 e. The van der Waals surface area contributed by atoms with E-state index in [-0.39, 0.29) is 0 Å². The standard InChI is InChI=1S/C13H19NO3/c1-9(2)8-17-11-5-3-10(4-6-11)7-12(14)13(15)16/h3-6,9,12H,7-8,14H2,1-2H3,(H,15,16)/t12-/m1/s1. The molecule has 0 saturated carbocycles. The van der Waals surface area contributed by atoms with Crippen LogP contribution in [0, 0.1) is 5.92 Å². The van der Waals surface area contributed by atoms with Crippen molar-refractivity contribution >= 4 is 5.97 Å². The smallest absolute Gasteiger partial charge is 0.320 e. The Morgan fingerprint density at radius 2 is 1.94 bits per heavy atom. The third-order valence-corrected chi connectivity index (χ3v) is 2.28. The molecule has 4 heteroatoms. The maximum atomic E-state index is 10.6. The van der Waals surface area contributed by atoms with Crippen molar-refractivity contribution in [3.8, 4) is 5.75 Å². The van der Waals surface area contributed by atoms with Gasteiger partial charge in [-0.1, -0.05) is 26.0 Å². The molecule has 1 aromatic rings. The first-order valence-corrected chi connectivity index (χ1v) is 5.69. The Morgan fingerprint density at radius 1 is 1.35 bits per heavy atom. The topological polar surface area (TPSA) is 72.5 Å². The number of carboxylic acid groups (broad SMARTS) is 1. The van der Waals surface area contributed by atoms with Crippen LogP contribution >= 0.6 is 0 Å². The molecule has 0 aliphatic rings. The van der Waals surface area contributed by atoms with Crippen molar-refractivity contribution in [1.29, 1.82) is 0 Å². The number of hydrogen-bond acceptors (Lipinski definition) is 3. The normalized spacial score (nSPS) is 12.5. The van der Waals surface area contributed by atoms with Gasteiger partial charge in [-0.05, 0) is 30.0 Å². The van der Waals surface area contributed by atoms with Crippen LogP contribution in [0.1, 0.15) is 19.4 Å². The number of carboxylic acids is 1. The van der Waals surface area contributed by atoms with E-state index in [0.29, 0.717) is 18.9 Å². The highest BCUT2D eigenvalue weighted by molar-refractivity contribution is 5.73. The molecule has 0 radical (unpaired) electrons. The summed E-state index contributed by atoms with van der Waals surface area (Å²) in [6.45, 7) is 4.84. The molecule has 0 aliphatic carbocycles. The van der Waals surface area contributed by atoms with E-state index in [1.165, 1.54) is 0 Å². The van der Waals surface area contributed by atoms with Gasteiger partial charge < -0.3 is 15.6 Å². The fourth-order valence-corrected chi connectivity index (χ4v) is 1.33. The van der Waals surface area contributed by atoms with Crippen LogP contribution in [0.5, 0.6) is 5.75 Å². The zero-order chi connectivity index (χ0) is 12.8. The second kappa shape index (κ2) is 6.25. The van der Waals surface area contributed by atoms with E-state index in [4.69, 9.17) is 15.6 Å². The summed E-state index contributed by atoms with van der Waals surface area (Å²) < 4.78 is 5.53. The van der Waals surface area contributed by atoms with Crippen LogP contribution in [-0.4, -0.2) is 23.7 Å². The van der Waals surface area contributed by atoms with Gasteiger partial charge in [0.15, 0.2) is 0 Å². The predicted octanol–water partition coefficient (Wildman–Crippen LogP) is 1.68. The molecule has 1 atom stereocenters. The number of ether oxygens (including phenoxy) is 1. The number of nitrogens with two attached hydrogens (primary N) is 1. The lowest BCUT2D eigenvalue weighted by Gasteiger charge is -2.10. The summed E-state index contributed by atoms with van der Waals surface area (Å²) in [7, 11) is 0. The summed E-state index contributed by atoms with van der Waals surface area (Å²) in [5.74, 6) is 0.298. The van der Waals surface area contributed by atoms with Gasteiger partial charge in [0.05, 0.1) is 6.61 Å². The SMILES string of the molecule is CC(C)COc1ccc(C[C@@H](N)C(=O)O)cc1. The molecule has 0 bridgehead atoms. The average Bonchev–Trinajstić information content (AvgIpc) is 2.28. The molecule has 0 aliphatic heterocycles. The monoisotopic (exact) mass is 237 g/mol. The van der Waals surface area contributed by atoms with Crippen molar-refractivity contribution in [2.45, 2.75) is 26.3 Å². The predicted molar refractivity (Wildman–Crippen MR) is 66.1 cm³/mol. The first kappa shape index (κ1) is 13.5. The summed E-state index contributed by atoms with van der Waals surface area (Å²) in [6, 6.07) is 6.52. The van der Waals surface area contributed by atoms with E-state index in [0.717, 1.165) is 11.3 Å². The number of hydrogen-bond donors (Lipinski definition) is 2. The van der Waals surface area contributed by atoms with Gasteiger partial charge in [0.25, 0.3) is 0 Å². The molecule has 0 amide bonds. The molecule has 0 fully saturated rings. The van der Waals surface area contributed by atoms with Gasteiger partial charge in [-0.15, -0.1) is 0 Å². The average molecular weight is 237 g/mol. The molecule has 94 valence electrons. The van der Waals surface area contributed by atoms with Crippen LogP contribution in [0.15, 0.2) is 24.3 Å². The van der Waals surface area contributed by atoms with E-state index >= 15 is 0 Å². The minimum Gasteiger partial charge on any atom is -0.493 e. The Labute approximate surface area is 101 Å². The van der Waals surface area contributed by atoms with E-state index in [1.807, 2.05) is 24.3 Å². The molecule has 0 aromatic heterocycles. The molecule has 0 heterocycles. The lowest BCUT2D eigenvalue weighted by atomic mass is 10.1. The molecule has 0 spiro atoms. The summed E-state index contributed by atoms with van der Waals surface area (Å²) >= 11 is 0. The van der Waals surface area contributed by atoms with Crippen LogP contribution in [0.2, 0.25) is 0 Å². The Bertz CT molecular complexity index is 359. The van der Waals surface area contributed by atoms with Gasteiger partial charge in [-0.25, -0.2) is 0 Å². The van der Waals surface area contributed by atoms with Crippen molar-refractivity contribution < 1.29 is 14.6 Å². The molecule has 1 rings (SSSR count). The fourth-order valence-electron chi connectivity index (χ4n) is 1.33. The first-order chi connectivity index (χ1) is 7.99. The van der Waals surface area contributed by atoms with Gasteiger partial charge in [0.2, 0.25) is 0 Å². The van der Waals surface area contributed by atoms with Crippen molar-refractivity contribution in [3.05, 3.63) is 29.8 Å². The molecule has 0 unspecified atom stereocenters. The van der Waals surface area contributed by atoms with Crippen LogP contribution in [0.3, 0.4) is 0 Å². The molecular weight excluding hydrogens is 218 g/mol. The van der Waals surface area contributed by atoms with Crippen LogP contribution < -0.4 is 10.5 Å². The maximum Gasteiger partial charge on any atom is 0.320 e. The van der Waals surface area contributed by atoms with E-state index in [9.17, 15) is 4.79 Å². The highest BCUT2D eigenvalue weighted by atomic mass is 16.5. The zero-order valence-electron chi connectivity index (χ0n) is 10.2. The molecule has 1 aromatic carbocycles. The van der Waals surface area contributed by atoms with Gasteiger partial charge in [0, 0.05) is 0 Å². The van der Waals surface area contributed by atoms with Crippen molar-refractivity contribution in [2.75, 3.05) is 6.61 Å². The summed E-state index contributed by atoms with van der Waals surface area (Å²) in [5, 5.41) is 8.69. The van der Waals surface area contributed by atoms with E-state index in [1.54, 1.807) is 0 Å². The molecular formula is C13H19NO3. The quantitative estimate of drug-likeness (QED) is 0.789. The van der Waals surface area contributed by atoms with Crippen molar-refractivity contribution in [3.63, 3.8) is 0 Å². The zero-order valence-corrected chi connectivity index (χ0v) is 10.2. The summed E-state index contributed by atoms with van der Waals surface area (Å²) in [5.41, 5.74) is 6.35. The molecule has 4 nitrogen and oxygen atoms in total. The van der Waals surface area contributed by atoms with E-state index in [2.05, 4.69) is 13.8 Å². The second-order valence-corrected chi connectivity index (χ2v) is 4.50. The third kappa shape index (κ3) is 4.87. The lowest BCUT2D eigenvalue weighted by Crippen LogP contribution is -2.32. The first-order valence-electron chi connectivity index (χ1n) is 5.69. The summed E-state index contributed by atoms with van der Waals surface area (Å²) in [4.78, 5) is 10.6. The number of rotatable bonds is 6. The third-order valence-electron chi connectivity index (χ3n) is 2.28. The lowest BCUT2D eigenvalue weighted by molar-refractivity contribution is -0.138. The van der Waals surface area contributed by atoms with Crippen molar-refractivity contribution in [2.24, 2.45) is 11.7 Å². The minimum absolute atomic E-state index is 0.333. The van der Waals surface area contributed by atoms with Crippen LogP contribution in [0.4, 0.5) is 0 Å². The van der Waals surface area contributed by atoms with Crippen LogP contribution in [-0.2, 0) is 11.2 Å². The Hall–Kier alpha value is -1.55. The van der Waals surface area contributed by atoms with Gasteiger partial charge in [0.1, 0.15) is 11.8 Å². The maximum absolute atomic E-state index is 10.6. The molecule has 3 N–H and O–H groups in total. The number of benzene rings is 1. The Balaban J connectivity index is 2.53. The molecule has 0 saturated heterocycles. The van der Waals surface area contributed by atoms with Gasteiger partial charge >= 0.3 is 5.97 Å². The minimum atomic E-state index is -0.981. The Kier molecular flexibility index (Phi) is 4.97. The van der Waals surface area contributed by atoms with Crippen molar-refractivity contribution in [1.82, 2.24) is 0 Å². The van der Waals surface area contributed by atoms with E-state index < -0.39 is 12.0 Å². The highest BCUT2D eigenvalue weighted by Gasteiger charge is 2.11. The summed E-state index contributed by atoms with van der Waals surface area (Å²) in [6.07, 6.45) is 0.333. The number of aliphatic carboxylic acids is 1. The molecule has 17 heavy (non-hydrogen) atoms. The van der Waals surface area contributed by atoms with Crippen LogP contribution in [0.25, 0.3) is 0 Å². The second-order valence-electron chi connectivity index (χ2n) is 4.50.